The summed E-state index contributed by atoms with van der Waals surface area (Å²) in [6.07, 6.45) is -4.33. The number of aromatic nitrogens is 1. The fourth-order valence-electron chi connectivity index (χ4n) is 2.12. The lowest BCUT2D eigenvalue weighted by atomic mass is 10.3. The van der Waals surface area contributed by atoms with E-state index in [0.717, 1.165) is 16.7 Å². The summed E-state index contributed by atoms with van der Waals surface area (Å²) in [5, 5.41) is 7.45. The van der Waals surface area contributed by atoms with Crippen molar-refractivity contribution < 1.29 is 22.3 Å². The molecule has 1 aromatic carbocycles. The Morgan fingerprint density at radius 3 is 2.68 bits per heavy atom. The van der Waals surface area contributed by atoms with Crippen molar-refractivity contribution in [3.8, 4) is 5.75 Å². The van der Waals surface area contributed by atoms with Gasteiger partial charge in [-0.3, -0.25) is 4.99 Å². The summed E-state index contributed by atoms with van der Waals surface area (Å²) in [4.78, 5) is 7.61. The van der Waals surface area contributed by atoms with Gasteiger partial charge in [0.2, 0.25) is 0 Å². The van der Waals surface area contributed by atoms with Crippen molar-refractivity contribution in [2.24, 2.45) is 4.99 Å². The number of rotatable bonds is 7. The van der Waals surface area contributed by atoms with Crippen molar-refractivity contribution in [3.63, 3.8) is 0 Å². The third-order valence-corrected chi connectivity index (χ3v) is 4.30. The van der Waals surface area contributed by atoms with Gasteiger partial charge in [-0.15, -0.1) is 35.3 Å². The van der Waals surface area contributed by atoms with Gasteiger partial charge in [0, 0.05) is 31.5 Å². The van der Waals surface area contributed by atoms with Crippen molar-refractivity contribution in [2.45, 2.75) is 25.6 Å². The van der Waals surface area contributed by atoms with Gasteiger partial charge in [0.15, 0.2) is 11.7 Å². The number of nitrogens with zero attached hydrogens (tertiary/aromatic N) is 2. The van der Waals surface area contributed by atoms with Crippen LogP contribution in [0.4, 0.5) is 17.6 Å². The SMILES string of the molecule is CN=C(NCCc1nc(C(F)(F)F)cs1)NCC(C)Oc1cccc(F)c1.I. The summed E-state index contributed by atoms with van der Waals surface area (Å²) < 4.78 is 56.3. The first-order valence-electron chi connectivity index (χ1n) is 8.16. The predicted molar refractivity (Wildman–Crippen MR) is 112 cm³/mol. The molecular formula is C17H21F4IN4OS. The molecule has 0 radical (unpaired) electrons. The minimum absolute atomic E-state index is 0. The van der Waals surface area contributed by atoms with E-state index in [9.17, 15) is 17.6 Å². The Morgan fingerprint density at radius 2 is 2.07 bits per heavy atom. The first kappa shape index (κ1) is 24.4. The number of guanidine groups is 1. The molecule has 0 aliphatic rings. The molecule has 1 unspecified atom stereocenters. The number of halogens is 5. The topological polar surface area (TPSA) is 58.5 Å². The van der Waals surface area contributed by atoms with Crippen molar-refractivity contribution >= 4 is 41.3 Å². The van der Waals surface area contributed by atoms with Crippen molar-refractivity contribution in [2.75, 3.05) is 20.1 Å². The maximum Gasteiger partial charge on any atom is 0.434 e. The van der Waals surface area contributed by atoms with Crippen molar-refractivity contribution in [1.82, 2.24) is 15.6 Å². The zero-order valence-corrected chi connectivity index (χ0v) is 18.4. The van der Waals surface area contributed by atoms with Gasteiger partial charge in [0.05, 0.1) is 11.6 Å². The second-order valence-corrected chi connectivity index (χ2v) is 6.58. The quantitative estimate of drug-likeness (QED) is 0.244. The molecule has 0 bridgehead atoms. The predicted octanol–water partition coefficient (Wildman–Crippen LogP) is 4.09. The summed E-state index contributed by atoms with van der Waals surface area (Å²) in [7, 11) is 1.58. The number of ether oxygens (including phenoxy) is 1. The summed E-state index contributed by atoms with van der Waals surface area (Å²) >= 11 is 0.974. The molecule has 11 heteroatoms. The molecule has 0 fully saturated rings. The van der Waals surface area contributed by atoms with Gasteiger partial charge in [-0.2, -0.15) is 13.2 Å². The highest BCUT2D eigenvalue weighted by molar-refractivity contribution is 14.0. The summed E-state index contributed by atoms with van der Waals surface area (Å²) in [5.41, 5.74) is -0.867. The first-order chi connectivity index (χ1) is 12.8. The lowest BCUT2D eigenvalue weighted by molar-refractivity contribution is -0.140. The smallest absolute Gasteiger partial charge is 0.434 e. The molecule has 0 saturated heterocycles. The lowest BCUT2D eigenvalue weighted by Crippen LogP contribution is -2.42. The Hall–Kier alpha value is -1.63. The molecule has 1 atom stereocenters. The van der Waals surface area contributed by atoms with E-state index in [-0.39, 0.29) is 35.9 Å². The molecule has 0 spiro atoms. The minimum atomic E-state index is -4.42. The summed E-state index contributed by atoms with van der Waals surface area (Å²) in [6, 6.07) is 5.86. The van der Waals surface area contributed by atoms with Crippen LogP contribution in [0.5, 0.6) is 5.75 Å². The molecule has 5 nitrogen and oxygen atoms in total. The third kappa shape index (κ3) is 8.17. The van der Waals surface area contributed by atoms with Crippen LogP contribution in [0.2, 0.25) is 0 Å². The number of thiazole rings is 1. The highest BCUT2D eigenvalue weighted by Gasteiger charge is 2.33. The monoisotopic (exact) mass is 532 g/mol. The molecule has 2 rings (SSSR count). The van der Waals surface area contributed by atoms with Crippen LogP contribution in [0.25, 0.3) is 0 Å². The molecule has 0 aliphatic heterocycles. The van der Waals surface area contributed by atoms with Gasteiger partial charge in [-0.25, -0.2) is 9.37 Å². The second-order valence-electron chi connectivity index (χ2n) is 5.64. The number of benzene rings is 1. The Morgan fingerprint density at radius 1 is 1.32 bits per heavy atom. The van der Waals surface area contributed by atoms with Crippen LogP contribution in [0.15, 0.2) is 34.6 Å². The van der Waals surface area contributed by atoms with E-state index >= 15 is 0 Å². The number of hydrogen-bond acceptors (Lipinski definition) is 4. The highest BCUT2D eigenvalue weighted by Crippen LogP contribution is 2.29. The van der Waals surface area contributed by atoms with Crippen molar-refractivity contribution in [3.05, 3.63) is 46.2 Å². The number of alkyl halides is 3. The Bertz CT molecular complexity index is 770. The van der Waals surface area contributed by atoms with Gasteiger partial charge >= 0.3 is 6.18 Å². The van der Waals surface area contributed by atoms with Gasteiger partial charge in [-0.05, 0) is 19.1 Å². The minimum Gasteiger partial charge on any atom is -0.489 e. The standard InChI is InChI=1S/C17H20F4N4OS.HI/c1-11(26-13-5-3-4-12(18)8-13)9-24-16(22-2)23-7-6-15-25-14(10-27-15)17(19,20)21;/h3-5,8,10-11H,6-7,9H2,1-2H3,(H2,22,23,24);1H. The fraction of sp³-hybridized carbons (Fsp3) is 0.412. The molecule has 0 aliphatic carbocycles. The van der Waals surface area contributed by atoms with Gasteiger partial charge in [-0.1, -0.05) is 6.07 Å². The molecule has 0 saturated carbocycles. The molecular weight excluding hydrogens is 511 g/mol. The van der Waals surface area contributed by atoms with E-state index < -0.39 is 11.9 Å². The van der Waals surface area contributed by atoms with Gasteiger partial charge in [0.25, 0.3) is 0 Å². The molecule has 28 heavy (non-hydrogen) atoms. The van der Waals surface area contributed by atoms with E-state index in [0.29, 0.717) is 36.2 Å². The fourth-order valence-corrected chi connectivity index (χ4v) is 2.92. The average molecular weight is 532 g/mol. The molecule has 2 N–H and O–H groups in total. The van der Waals surface area contributed by atoms with Crippen LogP contribution >= 0.6 is 35.3 Å². The van der Waals surface area contributed by atoms with E-state index in [1.165, 1.54) is 12.1 Å². The maximum atomic E-state index is 13.1. The van der Waals surface area contributed by atoms with Crippen LogP contribution in [-0.2, 0) is 12.6 Å². The normalized spacial score (nSPS) is 12.9. The summed E-state index contributed by atoms with van der Waals surface area (Å²) in [5.74, 6) is 0.537. The number of hydrogen-bond donors (Lipinski definition) is 2. The van der Waals surface area contributed by atoms with Crippen LogP contribution in [0.3, 0.4) is 0 Å². The number of aliphatic imine (C=N–C) groups is 1. The molecule has 156 valence electrons. The molecule has 1 aromatic heterocycles. The van der Waals surface area contributed by atoms with Crippen LogP contribution in [0.1, 0.15) is 17.6 Å². The van der Waals surface area contributed by atoms with E-state index in [1.54, 1.807) is 19.2 Å². The highest BCUT2D eigenvalue weighted by atomic mass is 127. The Labute approximate surface area is 181 Å². The largest absolute Gasteiger partial charge is 0.489 e. The molecule has 2 aromatic rings. The molecule has 1 heterocycles. The van der Waals surface area contributed by atoms with Crippen molar-refractivity contribution in [1.29, 1.82) is 0 Å². The lowest BCUT2D eigenvalue weighted by Gasteiger charge is -2.17. The van der Waals surface area contributed by atoms with E-state index in [1.807, 2.05) is 6.92 Å². The first-order valence-corrected chi connectivity index (χ1v) is 9.04. The number of nitrogens with one attached hydrogen (secondary N) is 2. The second kappa shape index (κ2) is 11.4. The van der Waals surface area contributed by atoms with E-state index in [2.05, 4.69) is 20.6 Å². The van der Waals surface area contributed by atoms with Crippen LogP contribution < -0.4 is 15.4 Å². The Balaban J connectivity index is 0.00000392. The van der Waals surface area contributed by atoms with Gasteiger partial charge < -0.3 is 15.4 Å². The average Bonchev–Trinajstić information content (AvgIpc) is 3.07. The van der Waals surface area contributed by atoms with Crippen LogP contribution in [-0.4, -0.2) is 37.2 Å². The van der Waals surface area contributed by atoms with Gasteiger partial charge in [0.1, 0.15) is 17.7 Å². The third-order valence-electron chi connectivity index (χ3n) is 3.39. The van der Waals surface area contributed by atoms with E-state index in [4.69, 9.17) is 4.74 Å². The zero-order valence-electron chi connectivity index (χ0n) is 15.2. The van der Waals surface area contributed by atoms with Crippen LogP contribution in [0, 0.1) is 5.82 Å². The Kier molecular flexibility index (Phi) is 9.93. The zero-order chi connectivity index (χ0) is 19.9. The molecule has 0 amide bonds. The maximum absolute atomic E-state index is 13.1. The summed E-state index contributed by atoms with van der Waals surface area (Å²) in [6.45, 7) is 2.61.